The molecule has 6 heteroatoms. The zero-order valence-corrected chi connectivity index (χ0v) is 37.6. The van der Waals surface area contributed by atoms with E-state index in [-0.39, 0.29) is 11.8 Å². The summed E-state index contributed by atoms with van der Waals surface area (Å²) in [5.41, 5.74) is 16.8. The maximum atomic E-state index is 7.21. The van der Waals surface area contributed by atoms with E-state index in [1.165, 1.54) is 0 Å². The summed E-state index contributed by atoms with van der Waals surface area (Å²) < 4.78 is 14.4. The van der Waals surface area contributed by atoms with Crippen LogP contribution in [0.3, 0.4) is 0 Å². The Hall–Kier alpha value is -7.70. The second-order valence-corrected chi connectivity index (χ2v) is 17.8. The van der Waals surface area contributed by atoms with Gasteiger partial charge in [-0.25, -0.2) is 9.97 Å². The Morgan fingerprint density at radius 1 is 0.415 bits per heavy atom. The molecule has 6 nitrogen and oxygen atoms in total. The largest absolute Gasteiger partial charge is 0.440 e. The van der Waals surface area contributed by atoms with Crippen LogP contribution in [0.15, 0.2) is 191 Å². The normalized spacial score (nSPS) is 12.9. The Morgan fingerprint density at radius 2 is 0.754 bits per heavy atom. The molecule has 10 aromatic rings. The molecule has 0 radical (unpaired) electrons. The van der Waals surface area contributed by atoms with E-state index in [0.29, 0.717) is 11.8 Å². The van der Waals surface area contributed by atoms with Gasteiger partial charge in [0.1, 0.15) is 11.0 Å². The number of fused-ring (bicyclic) bond motifs is 7. The van der Waals surface area contributed by atoms with Gasteiger partial charge in [0, 0.05) is 45.7 Å². The molecule has 0 aliphatic heterocycles. The number of benzene rings is 8. The zero-order valence-electron chi connectivity index (χ0n) is 37.6. The van der Waals surface area contributed by atoms with Crippen molar-refractivity contribution in [3.8, 4) is 11.1 Å². The van der Waals surface area contributed by atoms with Crippen molar-refractivity contribution in [2.75, 3.05) is 9.80 Å². The standard InChI is InChI=1S/C59H50N4O2/c1-37(2)57-60-53-49(62(43-29-15-9-16-30-43)47-33-21-19-23-39(47)5)35-45-51(55(53)64-57)52-46(59(45,41-25-11-7-12-26-41)42-27-13-8-14-28-42)36-50(54-56(52)65-58(61-54)38(3)4)63(44-31-17-10-18-32-44)48-34-22-20-24-40(48)6/h7-38H,1-6H3. The monoisotopic (exact) mass is 846 g/mol. The molecule has 8 aromatic carbocycles. The van der Waals surface area contributed by atoms with Gasteiger partial charge in [0.2, 0.25) is 0 Å². The van der Waals surface area contributed by atoms with E-state index in [1.807, 2.05) is 0 Å². The predicted octanol–water partition coefficient (Wildman–Crippen LogP) is 16.1. The smallest absolute Gasteiger partial charge is 0.198 e. The second kappa shape index (κ2) is 15.8. The highest BCUT2D eigenvalue weighted by Gasteiger charge is 2.51. The molecular formula is C59H50N4O2. The Balaban J connectivity index is 1.37. The van der Waals surface area contributed by atoms with Gasteiger partial charge in [0.15, 0.2) is 22.9 Å². The molecule has 1 aliphatic carbocycles. The molecule has 0 N–H and O–H groups in total. The van der Waals surface area contributed by atoms with Crippen LogP contribution in [0, 0.1) is 13.8 Å². The highest BCUT2D eigenvalue weighted by molar-refractivity contribution is 6.14. The number of aromatic nitrogens is 2. The Bertz CT molecular complexity index is 3130. The number of rotatable bonds is 10. The molecule has 0 unspecified atom stereocenters. The summed E-state index contributed by atoms with van der Waals surface area (Å²) in [6.07, 6.45) is 0. The van der Waals surface area contributed by atoms with Crippen LogP contribution in [0.5, 0.6) is 0 Å². The number of hydrogen-bond donors (Lipinski definition) is 0. The van der Waals surface area contributed by atoms with Gasteiger partial charge in [-0.15, -0.1) is 0 Å². The molecule has 0 fully saturated rings. The molecule has 0 atom stereocenters. The number of hydrogen-bond acceptors (Lipinski definition) is 6. The molecule has 0 bridgehead atoms. The average molecular weight is 847 g/mol. The summed E-state index contributed by atoms with van der Waals surface area (Å²) >= 11 is 0. The van der Waals surface area contributed by atoms with E-state index in [0.717, 1.165) is 101 Å². The van der Waals surface area contributed by atoms with Crippen molar-refractivity contribution in [1.29, 1.82) is 0 Å². The Morgan fingerprint density at radius 3 is 1.11 bits per heavy atom. The highest BCUT2D eigenvalue weighted by Crippen LogP contribution is 2.63. The molecule has 0 amide bonds. The van der Waals surface area contributed by atoms with Crippen molar-refractivity contribution in [2.24, 2.45) is 0 Å². The molecule has 0 saturated carbocycles. The first-order valence-corrected chi connectivity index (χ1v) is 22.6. The van der Waals surface area contributed by atoms with Crippen molar-refractivity contribution in [2.45, 2.75) is 58.8 Å². The van der Waals surface area contributed by atoms with Gasteiger partial charge in [0.25, 0.3) is 0 Å². The molecule has 1 aliphatic rings. The van der Waals surface area contributed by atoms with E-state index in [1.54, 1.807) is 0 Å². The zero-order chi connectivity index (χ0) is 44.4. The van der Waals surface area contributed by atoms with Crippen LogP contribution >= 0.6 is 0 Å². The first-order valence-electron chi connectivity index (χ1n) is 22.6. The maximum absolute atomic E-state index is 7.21. The van der Waals surface area contributed by atoms with Gasteiger partial charge in [-0.3, -0.25) is 0 Å². The van der Waals surface area contributed by atoms with Crippen LogP contribution in [-0.2, 0) is 5.41 Å². The third kappa shape index (κ3) is 6.30. The van der Waals surface area contributed by atoms with E-state index in [9.17, 15) is 0 Å². The Kier molecular flexibility index (Phi) is 9.76. The van der Waals surface area contributed by atoms with Gasteiger partial charge in [-0.05, 0) is 95.8 Å². The Labute approximate surface area is 380 Å². The van der Waals surface area contributed by atoms with Gasteiger partial charge in [0.05, 0.1) is 16.8 Å². The minimum atomic E-state index is -0.864. The number of anilines is 6. The predicted molar refractivity (Wildman–Crippen MR) is 266 cm³/mol. The minimum absolute atomic E-state index is 0.0252. The third-order valence-corrected chi connectivity index (χ3v) is 13.0. The fraction of sp³-hybridized carbons (Fsp3) is 0.153. The molecule has 0 saturated heterocycles. The van der Waals surface area contributed by atoms with Gasteiger partial charge in [-0.1, -0.05) is 161 Å². The molecule has 2 heterocycles. The van der Waals surface area contributed by atoms with Crippen molar-refractivity contribution < 1.29 is 8.83 Å². The van der Waals surface area contributed by atoms with Crippen molar-refractivity contribution >= 4 is 56.3 Å². The first kappa shape index (κ1) is 40.1. The molecule has 65 heavy (non-hydrogen) atoms. The van der Waals surface area contributed by atoms with Crippen LogP contribution in [0.1, 0.15) is 84.7 Å². The molecule has 318 valence electrons. The number of para-hydroxylation sites is 4. The lowest BCUT2D eigenvalue weighted by Gasteiger charge is -2.36. The van der Waals surface area contributed by atoms with E-state index < -0.39 is 5.41 Å². The van der Waals surface area contributed by atoms with Crippen LogP contribution < -0.4 is 9.80 Å². The summed E-state index contributed by atoms with van der Waals surface area (Å²) in [4.78, 5) is 15.6. The summed E-state index contributed by atoms with van der Waals surface area (Å²) in [6.45, 7) is 12.9. The van der Waals surface area contributed by atoms with Crippen molar-refractivity contribution in [3.63, 3.8) is 0 Å². The number of aryl methyl sites for hydroxylation is 2. The number of nitrogens with zero attached hydrogens (tertiary/aromatic N) is 4. The highest BCUT2D eigenvalue weighted by atomic mass is 16.4. The van der Waals surface area contributed by atoms with E-state index in [2.05, 4.69) is 233 Å². The summed E-state index contributed by atoms with van der Waals surface area (Å²) in [5, 5.41) is 0. The molecule has 2 aromatic heterocycles. The fourth-order valence-electron chi connectivity index (χ4n) is 9.99. The second-order valence-electron chi connectivity index (χ2n) is 17.8. The van der Waals surface area contributed by atoms with Crippen LogP contribution in [0.25, 0.3) is 33.3 Å². The van der Waals surface area contributed by atoms with Crippen LogP contribution in [0.4, 0.5) is 34.1 Å². The number of oxazole rings is 2. The SMILES string of the molecule is Cc1ccccc1N(c1ccccc1)c1cc2c(c3oc(C(C)C)nc13)-c1c(cc(N(c3ccccc3)c3ccccc3C)c3nc(C(C)C)oc13)C2(c1ccccc1)c1ccccc1. The average Bonchev–Trinajstić information content (AvgIpc) is 4.06. The lowest BCUT2D eigenvalue weighted by atomic mass is 9.67. The molecule has 11 rings (SSSR count). The van der Waals surface area contributed by atoms with E-state index in [4.69, 9.17) is 18.8 Å². The first-order chi connectivity index (χ1) is 31.8. The fourth-order valence-corrected chi connectivity index (χ4v) is 9.99. The summed E-state index contributed by atoms with van der Waals surface area (Å²) in [7, 11) is 0. The minimum Gasteiger partial charge on any atom is -0.440 e. The van der Waals surface area contributed by atoms with Gasteiger partial charge in [-0.2, -0.15) is 0 Å². The van der Waals surface area contributed by atoms with Crippen molar-refractivity contribution in [3.05, 3.63) is 227 Å². The van der Waals surface area contributed by atoms with Crippen LogP contribution in [-0.4, -0.2) is 9.97 Å². The lowest BCUT2D eigenvalue weighted by Crippen LogP contribution is -2.29. The quantitative estimate of drug-likeness (QED) is 0.137. The van der Waals surface area contributed by atoms with E-state index >= 15 is 0 Å². The topological polar surface area (TPSA) is 58.5 Å². The van der Waals surface area contributed by atoms with Crippen molar-refractivity contribution in [1.82, 2.24) is 9.97 Å². The molecule has 0 spiro atoms. The molecular weight excluding hydrogens is 797 g/mol. The maximum Gasteiger partial charge on any atom is 0.198 e. The third-order valence-electron chi connectivity index (χ3n) is 13.0. The van der Waals surface area contributed by atoms with Gasteiger partial charge >= 0.3 is 0 Å². The summed E-state index contributed by atoms with van der Waals surface area (Å²) in [5.74, 6) is 1.40. The van der Waals surface area contributed by atoms with Gasteiger partial charge < -0.3 is 18.6 Å². The summed E-state index contributed by atoms with van der Waals surface area (Å²) in [6, 6.07) is 65.1. The lowest BCUT2D eigenvalue weighted by molar-refractivity contribution is 0.499. The van der Waals surface area contributed by atoms with Crippen LogP contribution in [0.2, 0.25) is 0 Å².